The van der Waals surface area contributed by atoms with Crippen molar-refractivity contribution in [3.8, 4) is 33.6 Å². The van der Waals surface area contributed by atoms with Crippen molar-refractivity contribution in [2.24, 2.45) is 0 Å². The van der Waals surface area contributed by atoms with E-state index in [0.29, 0.717) is 17.0 Å². The summed E-state index contributed by atoms with van der Waals surface area (Å²) < 4.78 is 62.4. The number of amides is 4. The Kier molecular flexibility index (Phi) is 9.89. The lowest BCUT2D eigenvalue weighted by Gasteiger charge is -2.25. The van der Waals surface area contributed by atoms with E-state index < -0.39 is 85.9 Å². The number of benzene rings is 2. The van der Waals surface area contributed by atoms with Crippen LogP contribution in [-0.2, 0) is 14.3 Å². The Labute approximate surface area is 299 Å². The number of ether oxygens (including phenoxy) is 1. The van der Waals surface area contributed by atoms with Gasteiger partial charge in [0.1, 0.15) is 23.7 Å². The van der Waals surface area contributed by atoms with E-state index in [9.17, 15) is 36.7 Å². The van der Waals surface area contributed by atoms with Crippen molar-refractivity contribution < 1.29 is 46.6 Å². The van der Waals surface area contributed by atoms with Crippen LogP contribution in [0.15, 0.2) is 60.9 Å². The third-order valence-electron chi connectivity index (χ3n) is 9.25. The predicted molar refractivity (Wildman–Crippen MR) is 181 cm³/mol. The quantitative estimate of drug-likeness (QED) is 0.142. The van der Waals surface area contributed by atoms with Crippen molar-refractivity contribution in [1.82, 2.24) is 40.4 Å². The molecule has 2 aromatic carbocycles. The summed E-state index contributed by atoms with van der Waals surface area (Å²) in [4.78, 5) is 65.0. The number of nitrogens with one attached hydrogen (secondary N) is 4. The second-order valence-corrected chi connectivity index (χ2v) is 13.1. The normalized spacial score (nSPS) is 20.1. The highest BCUT2D eigenvalue weighted by molar-refractivity contribution is 5.86. The number of carbonyl (C=O) groups is 4. The van der Waals surface area contributed by atoms with Gasteiger partial charge in [-0.25, -0.2) is 37.1 Å². The first-order valence-corrected chi connectivity index (χ1v) is 16.6. The summed E-state index contributed by atoms with van der Waals surface area (Å²) in [6, 6.07) is 10.3. The molecule has 4 heterocycles. The van der Waals surface area contributed by atoms with Gasteiger partial charge in [0.15, 0.2) is 0 Å². The lowest BCUT2D eigenvalue weighted by Crippen LogP contribution is -2.47. The van der Waals surface area contributed by atoms with E-state index in [0.717, 1.165) is 33.6 Å². The van der Waals surface area contributed by atoms with Crippen molar-refractivity contribution in [3.63, 3.8) is 0 Å². The Bertz CT molecular complexity index is 2000. The fraction of sp³-hybridized carbons (Fsp3) is 0.371. The summed E-state index contributed by atoms with van der Waals surface area (Å²) in [5.74, 6) is -7.46. The van der Waals surface area contributed by atoms with E-state index >= 15 is 0 Å². The number of hydrogen-bond donors (Lipinski definition) is 5. The van der Waals surface area contributed by atoms with Gasteiger partial charge in [-0.05, 0) is 36.1 Å². The van der Waals surface area contributed by atoms with E-state index in [2.05, 4.69) is 30.0 Å². The zero-order valence-electron chi connectivity index (χ0n) is 28.7. The number of alkyl halides is 4. The molecule has 2 aliphatic heterocycles. The number of nitrogens with zero attached hydrogens (tertiary/aromatic N) is 4. The van der Waals surface area contributed by atoms with Crippen LogP contribution in [0.5, 0.6) is 0 Å². The number of hydrogen-bond acceptors (Lipinski definition) is 7. The van der Waals surface area contributed by atoms with Gasteiger partial charge in [-0.2, -0.15) is 0 Å². The fourth-order valence-corrected chi connectivity index (χ4v) is 6.62. The number of likely N-dealkylation sites (tertiary alicyclic amines) is 2. The molecule has 0 bridgehead atoms. The van der Waals surface area contributed by atoms with Crippen LogP contribution in [0.1, 0.15) is 50.4 Å². The monoisotopic (exact) mass is 740 g/mol. The van der Waals surface area contributed by atoms with Crippen LogP contribution in [0.3, 0.4) is 0 Å². The fourth-order valence-electron chi connectivity index (χ4n) is 6.62. The van der Waals surface area contributed by atoms with E-state index in [1.807, 2.05) is 53.8 Å². The van der Waals surface area contributed by atoms with E-state index in [4.69, 9.17) is 5.11 Å². The first-order valence-electron chi connectivity index (χ1n) is 16.6. The Balaban J connectivity index is 1.13. The molecular formula is C35H36F4N8O6. The molecule has 18 heteroatoms. The third kappa shape index (κ3) is 7.95. The first kappa shape index (κ1) is 36.8. The highest BCUT2D eigenvalue weighted by Gasteiger charge is 2.50. The summed E-state index contributed by atoms with van der Waals surface area (Å²) in [5.41, 5.74) is 4.22. The Morgan fingerprint density at radius 3 is 1.49 bits per heavy atom. The third-order valence-corrected chi connectivity index (χ3v) is 9.25. The minimum atomic E-state index is -3.17. The molecule has 6 rings (SSSR count). The van der Waals surface area contributed by atoms with Crippen LogP contribution < -0.4 is 10.6 Å². The molecule has 0 saturated carbocycles. The molecule has 0 spiro atoms. The number of alkyl carbamates (subject to hydrolysis) is 1. The van der Waals surface area contributed by atoms with Crippen LogP contribution in [0.2, 0.25) is 0 Å². The summed E-state index contributed by atoms with van der Waals surface area (Å²) >= 11 is 0. The van der Waals surface area contributed by atoms with Crippen LogP contribution >= 0.6 is 0 Å². The number of aromatic amines is 2. The van der Waals surface area contributed by atoms with Gasteiger partial charge in [-0.3, -0.25) is 9.59 Å². The number of methoxy groups -OCH3 is 1. The summed E-state index contributed by atoms with van der Waals surface area (Å²) in [6.45, 7) is 0.999. The van der Waals surface area contributed by atoms with Gasteiger partial charge in [0.2, 0.25) is 11.8 Å². The highest BCUT2D eigenvalue weighted by atomic mass is 19.3. The predicted octanol–water partition coefficient (Wildman–Crippen LogP) is 5.35. The zero-order chi connectivity index (χ0) is 38.2. The second-order valence-electron chi connectivity index (χ2n) is 13.1. The van der Waals surface area contributed by atoms with Gasteiger partial charge in [0, 0.05) is 12.8 Å². The van der Waals surface area contributed by atoms with Gasteiger partial charge < -0.3 is 40.2 Å². The molecule has 2 saturated heterocycles. The number of imidazole rings is 2. The lowest BCUT2D eigenvalue weighted by atomic mass is 10.0. The molecule has 4 amide bonds. The number of H-pyrrole nitrogens is 2. The standard InChI is InChI=1S/C35H36F4N8O6/c1-18(42-32(50)51)30(48)46-16-34(36,37)12-26(46)28-40-14-24(44-28)22-8-4-20(5-9-22)21-6-10-23(11-7-21)25-15-41-29(45-25)27-13-35(38,39)17-47(27)31(49)19(2)43-33(52)53-3/h4-11,14-15,18-19,26-27,42H,12-13,16-17H2,1-3H3,(H,40,44)(H,41,45)(H,43,52)(H,50,51)/t18-,19-,26-,27-/m0/s1. The second kappa shape index (κ2) is 14.2. The van der Waals surface area contributed by atoms with Crippen LogP contribution in [0.4, 0.5) is 27.2 Å². The topological polar surface area (TPSA) is 186 Å². The SMILES string of the molecule is COC(=O)N[C@@H](C)C(=O)N1CC(F)(F)C[C@H]1c1ncc(-c2ccc(-c3ccc(-c4cnc([C@@H]5CC(F)(F)CN5C(=O)[C@H](C)NC(=O)O)[nH]4)cc3)cc2)[nH]1. The number of rotatable bonds is 9. The molecule has 2 fully saturated rings. The number of halogens is 4. The molecule has 2 aliphatic rings. The van der Waals surface area contributed by atoms with Crippen molar-refractivity contribution >= 4 is 24.0 Å². The van der Waals surface area contributed by atoms with Crippen LogP contribution in [0, 0.1) is 0 Å². The lowest BCUT2D eigenvalue weighted by molar-refractivity contribution is -0.135. The molecule has 4 aromatic rings. The van der Waals surface area contributed by atoms with E-state index in [1.165, 1.54) is 26.2 Å². The maximum absolute atomic E-state index is 14.5. The zero-order valence-corrected chi connectivity index (χ0v) is 28.7. The summed E-state index contributed by atoms with van der Waals surface area (Å²) in [7, 11) is 1.13. The Hall–Kier alpha value is -5.94. The van der Waals surface area contributed by atoms with E-state index in [-0.39, 0.29) is 11.6 Å². The smallest absolute Gasteiger partial charge is 0.407 e. The summed E-state index contributed by atoms with van der Waals surface area (Å²) in [6.07, 6.45) is -0.610. The molecule has 280 valence electrons. The molecule has 4 atom stereocenters. The van der Waals surface area contributed by atoms with E-state index in [1.54, 1.807) is 0 Å². The molecule has 14 nitrogen and oxygen atoms in total. The molecule has 5 N–H and O–H groups in total. The minimum absolute atomic E-state index is 0.153. The number of carboxylic acid groups (broad SMARTS) is 1. The molecule has 0 radical (unpaired) electrons. The van der Waals surface area contributed by atoms with Gasteiger partial charge in [-0.15, -0.1) is 0 Å². The summed E-state index contributed by atoms with van der Waals surface area (Å²) in [5, 5.41) is 13.3. The van der Waals surface area contributed by atoms with Crippen LogP contribution in [-0.4, -0.2) is 103 Å². The molecule has 2 aromatic heterocycles. The van der Waals surface area contributed by atoms with Crippen molar-refractivity contribution in [2.75, 3.05) is 20.2 Å². The minimum Gasteiger partial charge on any atom is -0.465 e. The number of carbonyl (C=O) groups excluding carboxylic acids is 3. The largest absolute Gasteiger partial charge is 0.465 e. The van der Waals surface area contributed by atoms with Gasteiger partial charge in [0.05, 0.1) is 56.1 Å². The maximum atomic E-state index is 14.5. The van der Waals surface area contributed by atoms with Crippen LogP contribution in [0.25, 0.3) is 33.6 Å². The molecular weight excluding hydrogens is 704 g/mol. The maximum Gasteiger partial charge on any atom is 0.407 e. The average molecular weight is 741 g/mol. The van der Waals surface area contributed by atoms with Crippen molar-refractivity contribution in [2.45, 2.75) is 62.7 Å². The van der Waals surface area contributed by atoms with Crippen molar-refractivity contribution in [3.05, 3.63) is 72.6 Å². The van der Waals surface area contributed by atoms with Crippen molar-refractivity contribution in [1.29, 1.82) is 0 Å². The van der Waals surface area contributed by atoms with Gasteiger partial charge in [-0.1, -0.05) is 48.5 Å². The van der Waals surface area contributed by atoms with Gasteiger partial charge >= 0.3 is 12.2 Å². The first-order chi connectivity index (χ1) is 25.0. The van der Waals surface area contributed by atoms with Gasteiger partial charge in [0.25, 0.3) is 11.8 Å². The molecule has 0 unspecified atom stereocenters. The average Bonchev–Trinajstić information content (AvgIpc) is 3.92. The highest BCUT2D eigenvalue weighted by Crippen LogP contribution is 2.42. The number of aromatic nitrogens is 4. The Morgan fingerprint density at radius 1 is 0.736 bits per heavy atom. The molecule has 53 heavy (non-hydrogen) atoms. The Morgan fingerprint density at radius 2 is 1.11 bits per heavy atom. The molecule has 0 aliphatic carbocycles.